The lowest BCUT2D eigenvalue weighted by Gasteiger charge is -2.06. The maximum atomic E-state index is 10.5. The maximum absolute atomic E-state index is 10.5. The zero-order valence-corrected chi connectivity index (χ0v) is 9.74. The quantitative estimate of drug-likeness (QED) is 0.828. The minimum absolute atomic E-state index is 0.124. The van der Waals surface area contributed by atoms with E-state index in [4.69, 9.17) is 5.11 Å². The van der Waals surface area contributed by atoms with Crippen molar-refractivity contribution in [2.45, 2.75) is 46.6 Å². The highest BCUT2D eigenvalue weighted by atomic mass is 16.4. The fourth-order valence-electron chi connectivity index (χ4n) is 1.97. The van der Waals surface area contributed by atoms with Crippen molar-refractivity contribution in [1.29, 1.82) is 0 Å². The van der Waals surface area contributed by atoms with Crippen LogP contribution in [0.3, 0.4) is 0 Å². The molecular weight excluding hydrogens is 192 g/mol. The van der Waals surface area contributed by atoms with Crippen molar-refractivity contribution in [1.82, 2.24) is 9.78 Å². The van der Waals surface area contributed by atoms with E-state index in [1.807, 2.05) is 13.8 Å². The van der Waals surface area contributed by atoms with E-state index in [1.165, 1.54) is 5.56 Å². The molecule has 1 N–H and O–H groups in total. The molecule has 0 amide bonds. The Balaban J connectivity index is 2.91. The third-order valence-corrected chi connectivity index (χ3v) is 2.55. The van der Waals surface area contributed by atoms with Gasteiger partial charge in [0.1, 0.15) is 0 Å². The molecule has 0 saturated carbocycles. The Morgan fingerprint density at radius 1 is 1.47 bits per heavy atom. The van der Waals surface area contributed by atoms with Crippen LogP contribution >= 0.6 is 0 Å². The van der Waals surface area contributed by atoms with Crippen LogP contribution in [0.2, 0.25) is 0 Å². The predicted molar refractivity (Wildman–Crippen MR) is 58.0 cm³/mol. The van der Waals surface area contributed by atoms with Crippen LogP contribution < -0.4 is 0 Å². The first-order chi connectivity index (χ1) is 6.93. The fourth-order valence-corrected chi connectivity index (χ4v) is 1.97. The van der Waals surface area contributed by atoms with Crippen LogP contribution in [0.25, 0.3) is 0 Å². The van der Waals surface area contributed by atoms with Gasteiger partial charge in [0.05, 0.1) is 18.7 Å². The molecule has 0 aliphatic carbocycles. The van der Waals surface area contributed by atoms with Crippen molar-refractivity contribution in [2.24, 2.45) is 0 Å². The molecule has 84 valence electrons. The average Bonchev–Trinajstić information content (AvgIpc) is 2.37. The second-order valence-electron chi connectivity index (χ2n) is 4.11. The van der Waals surface area contributed by atoms with Gasteiger partial charge in [-0.05, 0) is 25.3 Å². The summed E-state index contributed by atoms with van der Waals surface area (Å²) in [6.07, 6.45) is 0.124. The summed E-state index contributed by atoms with van der Waals surface area (Å²) in [6.45, 7) is 8.67. The highest BCUT2D eigenvalue weighted by Crippen LogP contribution is 2.22. The van der Waals surface area contributed by atoms with Crippen molar-refractivity contribution in [3.8, 4) is 0 Å². The molecule has 0 aromatic carbocycles. The first-order valence-electron chi connectivity index (χ1n) is 5.19. The first kappa shape index (κ1) is 11.8. The third-order valence-electron chi connectivity index (χ3n) is 2.55. The maximum Gasteiger partial charge on any atom is 0.305 e. The smallest absolute Gasteiger partial charge is 0.305 e. The highest BCUT2D eigenvalue weighted by molar-refractivity contribution is 5.66. The van der Waals surface area contributed by atoms with Crippen LogP contribution in [0.4, 0.5) is 0 Å². The Hall–Kier alpha value is -1.32. The molecule has 0 bridgehead atoms. The summed E-state index contributed by atoms with van der Waals surface area (Å²) in [5, 5.41) is 13.0. The van der Waals surface area contributed by atoms with Gasteiger partial charge in [-0.15, -0.1) is 0 Å². The summed E-state index contributed by atoms with van der Waals surface area (Å²) in [4.78, 5) is 10.5. The van der Waals surface area contributed by atoms with Gasteiger partial charge in [-0.1, -0.05) is 13.8 Å². The molecule has 1 rings (SSSR count). The number of aliphatic carboxylic acids is 1. The number of carbonyl (C=O) groups is 1. The van der Waals surface area contributed by atoms with Gasteiger partial charge in [0.2, 0.25) is 0 Å². The molecule has 1 heterocycles. The molecule has 1 aromatic rings. The molecule has 0 unspecified atom stereocenters. The number of aromatic nitrogens is 2. The number of rotatable bonds is 4. The summed E-state index contributed by atoms with van der Waals surface area (Å²) in [5.74, 6) is -0.350. The third kappa shape index (κ3) is 2.58. The lowest BCUT2D eigenvalue weighted by molar-refractivity contribution is -0.137. The Bertz CT molecular complexity index is 367. The normalized spacial score (nSPS) is 11.0. The van der Waals surface area contributed by atoms with E-state index in [0.717, 1.165) is 11.4 Å². The molecule has 0 aliphatic heterocycles. The second-order valence-corrected chi connectivity index (χ2v) is 4.11. The van der Waals surface area contributed by atoms with Gasteiger partial charge < -0.3 is 5.11 Å². The molecule has 4 nitrogen and oxygen atoms in total. The monoisotopic (exact) mass is 210 g/mol. The second kappa shape index (κ2) is 4.47. The first-order valence-corrected chi connectivity index (χ1v) is 5.19. The lowest BCUT2D eigenvalue weighted by Crippen LogP contribution is -2.07. The number of carboxylic acids is 1. The van der Waals surface area contributed by atoms with E-state index in [2.05, 4.69) is 18.9 Å². The van der Waals surface area contributed by atoms with E-state index in [0.29, 0.717) is 12.5 Å². The molecule has 0 saturated heterocycles. The molecule has 0 fully saturated rings. The standard InChI is InChI=1S/C11H18N2O2/c1-7(2)11-8(3)12-13(9(11)4)6-5-10(14)15/h7H,5-6H2,1-4H3,(H,14,15). The Kier molecular flexibility index (Phi) is 3.50. The Morgan fingerprint density at radius 3 is 2.47 bits per heavy atom. The van der Waals surface area contributed by atoms with Crippen LogP contribution in [-0.4, -0.2) is 20.9 Å². The molecule has 15 heavy (non-hydrogen) atoms. The van der Waals surface area contributed by atoms with Gasteiger partial charge in [-0.3, -0.25) is 9.48 Å². The van der Waals surface area contributed by atoms with E-state index >= 15 is 0 Å². The van der Waals surface area contributed by atoms with Gasteiger partial charge in [-0.25, -0.2) is 0 Å². The van der Waals surface area contributed by atoms with Gasteiger partial charge in [0, 0.05) is 5.69 Å². The molecule has 4 heteroatoms. The van der Waals surface area contributed by atoms with Gasteiger partial charge in [0.15, 0.2) is 0 Å². The van der Waals surface area contributed by atoms with E-state index < -0.39 is 5.97 Å². The largest absolute Gasteiger partial charge is 0.481 e. The summed E-state index contributed by atoms with van der Waals surface area (Å²) in [5.41, 5.74) is 3.33. The summed E-state index contributed by atoms with van der Waals surface area (Å²) in [6, 6.07) is 0. The van der Waals surface area contributed by atoms with Gasteiger partial charge in [-0.2, -0.15) is 5.10 Å². The van der Waals surface area contributed by atoms with Crippen LogP contribution in [-0.2, 0) is 11.3 Å². The van der Waals surface area contributed by atoms with Gasteiger partial charge >= 0.3 is 5.97 Å². The van der Waals surface area contributed by atoms with Crippen LogP contribution in [0.1, 0.15) is 43.1 Å². The Morgan fingerprint density at radius 2 is 2.07 bits per heavy atom. The SMILES string of the molecule is Cc1nn(CCC(=O)O)c(C)c1C(C)C. The van der Waals surface area contributed by atoms with E-state index in [9.17, 15) is 4.79 Å². The lowest BCUT2D eigenvalue weighted by atomic mass is 10.0. The average molecular weight is 210 g/mol. The van der Waals surface area contributed by atoms with Crippen LogP contribution in [0.5, 0.6) is 0 Å². The molecular formula is C11H18N2O2. The molecule has 0 aliphatic rings. The number of carboxylic acid groups (broad SMARTS) is 1. The van der Waals surface area contributed by atoms with Crippen molar-refractivity contribution in [3.05, 3.63) is 17.0 Å². The minimum atomic E-state index is -0.784. The molecule has 1 aromatic heterocycles. The molecule has 0 atom stereocenters. The fraction of sp³-hybridized carbons (Fsp3) is 0.636. The number of nitrogens with zero attached hydrogens (tertiary/aromatic N) is 2. The van der Waals surface area contributed by atoms with Crippen molar-refractivity contribution < 1.29 is 9.90 Å². The topological polar surface area (TPSA) is 55.1 Å². The van der Waals surface area contributed by atoms with E-state index in [1.54, 1.807) is 4.68 Å². The van der Waals surface area contributed by atoms with Gasteiger partial charge in [0.25, 0.3) is 0 Å². The number of hydrogen-bond acceptors (Lipinski definition) is 2. The van der Waals surface area contributed by atoms with E-state index in [-0.39, 0.29) is 6.42 Å². The predicted octanol–water partition coefficient (Wildman–Crippen LogP) is 2.10. The highest BCUT2D eigenvalue weighted by Gasteiger charge is 2.14. The summed E-state index contributed by atoms with van der Waals surface area (Å²) >= 11 is 0. The zero-order valence-electron chi connectivity index (χ0n) is 9.74. The summed E-state index contributed by atoms with van der Waals surface area (Å²) in [7, 11) is 0. The van der Waals surface area contributed by atoms with Crippen molar-refractivity contribution in [3.63, 3.8) is 0 Å². The van der Waals surface area contributed by atoms with Crippen LogP contribution in [0.15, 0.2) is 0 Å². The number of aryl methyl sites for hydroxylation is 2. The minimum Gasteiger partial charge on any atom is -0.481 e. The van der Waals surface area contributed by atoms with Crippen LogP contribution in [0, 0.1) is 13.8 Å². The van der Waals surface area contributed by atoms with Crippen molar-refractivity contribution >= 4 is 5.97 Å². The molecule has 0 radical (unpaired) electrons. The zero-order chi connectivity index (χ0) is 11.6. The molecule has 0 spiro atoms. The summed E-state index contributed by atoms with van der Waals surface area (Å²) < 4.78 is 1.79. The number of hydrogen-bond donors (Lipinski definition) is 1. The Labute approximate surface area is 89.9 Å². The van der Waals surface area contributed by atoms with Crippen molar-refractivity contribution in [2.75, 3.05) is 0 Å².